The monoisotopic (exact) mass is 440 g/mol. The zero-order chi connectivity index (χ0) is 20.7. The summed E-state index contributed by atoms with van der Waals surface area (Å²) in [6.45, 7) is 2.22. The van der Waals surface area contributed by atoms with Crippen LogP contribution in [0.3, 0.4) is 0 Å². The first kappa shape index (κ1) is 20.0. The van der Waals surface area contributed by atoms with Crippen LogP contribution in [0.15, 0.2) is 54.6 Å². The van der Waals surface area contributed by atoms with Crippen LogP contribution in [0.1, 0.15) is 41.1 Å². The number of hydrogen-bond donors (Lipinski definition) is 0. The molecule has 6 heteroatoms. The van der Waals surface area contributed by atoms with Gasteiger partial charge in [-0.3, -0.25) is 9.59 Å². The lowest BCUT2D eigenvalue weighted by molar-refractivity contribution is -0.134. The summed E-state index contributed by atoms with van der Waals surface area (Å²) in [6.07, 6.45) is 2.64. The first-order chi connectivity index (χ1) is 14.6. The molecule has 2 amide bonds. The van der Waals surface area contributed by atoms with Crippen LogP contribution >= 0.6 is 23.4 Å². The highest BCUT2D eigenvalue weighted by atomic mass is 35.5. The van der Waals surface area contributed by atoms with Gasteiger partial charge >= 0.3 is 0 Å². The van der Waals surface area contributed by atoms with Crippen LogP contribution in [0.25, 0.3) is 0 Å². The van der Waals surface area contributed by atoms with Crippen LogP contribution in [0.5, 0.6) is 0 Å². The number of thioether (sulfide) groups is 1. The molecule has 2 atom stereocenters. The number of nitrogens with zero attached hydrogens (tertiary/aromatic N) is 2. The zero-order valence-corrected chi connectivity index (χ0v) is 18.4. The van der Waals surface area contributed by atoms with Crippen molar-refractivity contribution in [2.24, 2.45) is 5.92 Å². The number of benzene rings is 2. The Bertz CT molecular complexity index is 941. The summed E-state index contributed by atoms with van der Waals surface area (Å²) in [7, 11) is 0. The summed E-state index contributed by atoms with van der Waals surface area (Å²) < 4.78 is 0. The Balaban J connectivity index is 1.23. The number of rotatable bonds is 3. The van der Waals surface area contributed by atoms with Gasteiger partial charge < -0.3 is 9.80 Å². The Kier molecular flexibility index (Phi) is 5.28. The highest BCUT2D eigenvalue weighted by Crippen LogP contribution is 2.50. The molecule has 2 unspecified atom stereocenters. The molecule has 0 aromatic heterocycles. The minimum absolute atomic E-state index is 0.0720. The first-order valence-corrected chi connectivity index (χ1v) is 12.0. The van der Waals surface area contributed by atoms with Gasteiger partial charge in [0, 0.05) is 41.9 Å². The average Bonchev–Trinajstić information content (AvgIpc) is 3.49. The van der Waals surface area contributed by atoms with E-state index in [1.54, 1.807) is 24.3 Å². The standard InChI is InChI=1S/C24H25ClN2O2S/c25-19-8-6-18(7-9-19)22(28)27-14-15-30-24(27)10-12-26(13-11-24)23(29)21-16-20(21)17-4-2-1-3-5-17/h1-9,20-21H,10-16H2. The molecule has 1 aliphatic carbocycles. The largest absolute Gasteiger partial charge is 0.342 e. The number of piperidine rings is 1. The Morgan fingerprint density at radius 2 is 1.67 bits per heavy atom. The van der Waals surface area contributed by atoms with Crippen molar-refractivity contribution in [1.29, 1.82) is 0 Å². The Hall–Kier alpha value is -1.98. The van der Waals surface area contributed by atoms with Gasteiger partial charge in [0.2, 0.25) is 5.91 Å². The molecular formula is C24H25ClN2O2S. The second-order valence-electron chi connectivity index (χ2n) is 8.44. The van der Waals surface area contributed by atoms with E-state index < -0.39 is 0 Å². The molecule has 2 aromatic carbocycles. The fourth-order valence-corrected chi connectivity index (χ4v) is 6.49. The smallest absolute Gasteiger partial charge is 0.254 e. The number of hydrogen-bond acceptors (Lipinski definition) is 3. The molecular weight excluding hydrogens is 416 g/mol. The van der Waals surface area contributed by atoms with Gasteiger partial charge in [-0.25, -0.2) is 0 Å². The van der Waals surface area contributed by atoms with Gasteiger partial charge in [-0.15, -0.1) is 11.8 Å². The van der Waals surface area contributed by atoms with Crippen molar-refractivity contribution in [2.45, 2.75) is 30.1 Å². The quantitative estimate of drug-likeness (QED) is 0.697. The van der Waals surface area contributed by atoms with Crippen LogP contribution in [0.2, 0.25) is 5.02 Å². The lowest BCUT2D eigenvalue weighted by atomic mass is 10.00. The maximum atomic E-state index is 13.2. The van der Waals surface area contributed by atoms with E-state index in [0.717, 1.165) is 44.6 Å². The van der Waals surface area contributed by atoms with Crippen molar-refractivity contribution < 1.29 is 9.59 Å². The van der Waals surface area contributed by atoms with Crippen molar-refractivity contribution >= 4 is 35.2 Å². The van der Waals surface area contributed by atoms with E-state index in [1.165, 1.54) is 5.56 Å². The molecule has 1 spiro atoms. The molecule has 30 heavy (non-hydrogen) atoms. The first-order valence-electron chi connectivity index (χ1n) is 10.6. The van der Waals surface area contributed by atoms with Gasteiger partial charge in [0.25, 0.3) is 5.91 Å². The van der Waals surface area contributed by atoms with E-state index in [4.69, 9.17) is 11.6 Å². The van der Waals surface area contributed by atoms with Crippen LogP contribution in [0, 0.1) is 5.92 Å². The lowest BCUT2D eigenvalue weighted by Gasteiger charge is -2.44. The number of carbonyl (C=O) groups excluding carboxylic acids is 2. The Morgan fingerprint density at radius 3 is 2.37 bits per heavy atom. The third-order valence-corrected chi connectivity index (χ3v) is 8.51. The maximum absolute atomic E-state index is 13.2. The van der Waals surface area contributed by atoms with Crippen molar-refractivity contribution in [1.82, 2.24) is 9.80 Å². The van der Waals surface area contributed by atoms with Crippen molar-refractivity contribution in [2.75, 3.05) is 25.4 Å². The minimum atomic E-state index is -0.185. The second-order valence-corrected chi connectivity index (χ2v) is 10.3. The molecule has 4 nitrogen and oxygen atoms in total. The highest BCUT2D eigenvalue weighted by molar-refractivity contribution is 8.00. The number of carbonyl (C=O) groups is 2. The summed E-state index contributed by atoms with van der Waals surface area (Å²) in [5.74, 6) is 1.81. The highest BCUT2D eigenvalue weighted by Gasteiger charge is 2.50. The molecule has 2 saturated heterocycles. The summed E-state index contributed by atoms with van der Waals surface area (Å²) in [4.78, 5) is 30.1. The molecule has 156 valence electrons. The van der Waals surface area contributed by atoms with Gasteiger partial charge in [-0.05, 0) is 55.0 Å². The Morgan fingerprint density at radius 1 is 0.967 bits per heavy atom. The SMILES string of the molecule is O=C(C1CC1c1ccccc1)N1CCC2(CC1)SCCN2C(=O)c1ccc(Cl)cc1. The third kappa shape index (κ3) is 3.63. The van der Waals surface area contributed by atoms with Crippen LogP contribution in [-0.2, 0) is 4.79 Å². The molecule has 2 heterocycles. The number of halogens is 1. The number of likely N-dealkylation sites (tertiary alicyclic amines) is 1. The molecule has 2 aliphatic heterocycles. The van der Waals surface area contributed by atoms with Gasteiger partial charge in [-0.1, -0.05) is 41.9 Å². The molecule has 1 saturated carbocycles. The van der Waals surface area contributed by atoms with E-state index >= 15 is 0 Å². The normalized spacial score (nSPS) is 24.8. The lowest BCUT2D eigenvalue weighted by Crippen LogP contribution is -2.53. The van der Waals surface area contributed by atoms with Gasteiger partial charge in [0.05, 0.1) is 4.87 Å². The van der Waals surface area contributed by atoms with E-state index in [2.05, 4.69) is 12.1 Å². The van der Waals surface area contributed by atoms with E-state index in [-0.39, 0.29) is 22.6 Å². The van der Waals surface area contributed by atoms with Crippen LogP contribution in [-0.4, -0.2) is 51.9 Å². The topological polar surface area (TPSA) is 40.6 Å². The zero-order valence-electron chi connectivity index (χ0n) is 16.8. The molecule has 3 aliphatic rings. The number of amides is 2. The third-order valence-electron chi connectivity index (χ3n) is 6.71. The van der Waals surface area contributed by atoms with Crippen molar-refractivity contribution in [3.05, 3.63) is 70.7 Å². The van der Waals surface area contributed by atoms with Gasteiger partial charge in [0.1, 0.15) is 0 Å². The fraction of sp³-hybridized carbons (Fsp3) is 0.417. The molecule has 0 bridgehead atoms. The van der Waals surface area contributed by atoms with Gasteiger partial charge in [0.15, 0.2) is 0 Å². The summed E-state index contributed by atoms with van der Waals surface area (Å²) in [5.41, 5.74) is 1.96. The molecule has 3 fully saturated rings. The van der Waals surface area contributed by atoms with Crippen molar-refractivity contribution in [3.8, 4) is 0 Å². The van der Waals surface area contributed by atoms with Gasteiger partial charge in [-0.2, -0.15) is 0 Å². The van der Waals surface area contributed by atoms with E-state index in [0.29, 0.717) is 16.5 Å². The van der Waals surface area contributed by atoms with Crippen molar-refractivity contribution in [3.63, 3.8) is 0 Å². The predicted molar refractivity (Wildman–Crippen MR) is 121 cm³/mol. The Labute approximate surface area is 186 Å². The average molecular weight is 441 g/mol. The summed E-state index contributed by atoms with van der Waals surface area (Å²) in [6, 6.07) is 17.5. The second kappa shape index (κ2) is 7.93. The van der Waals surface area contributed by atoms with Crippen LogP contribution in [0.4, 0.5) is 0 Å². The molecule has 5 rings (SSSR count). The molecule has 0 N–H and O–H groups in total. The molecule has 2 aromatic rings. The summed E-state index contributed by atoms with van der Waals surface area (Å²) in [5, 5.41) is 0.637. The maximum Gasteiger partial charge on any atom is 0.254 e. The fourth-order valence-electron chi connectivity index (χ4n) is 4.91. The predicted octanol–water partition coefficient (Wildman–Crippen LogP) is 4.65. The molecule has 0 radical (unpaired) electrons. The van der Waals surface area contributed by atoms with E-state index in [1.807, 2.05) is 39.8 Å². The van der Waals surface area contributed by atoms with Crippen LogP contribution < -0.4 is 0 Å². The van der Waals surface area contributed by atoms with E-state index in [9.17, 15) is 9.59 Å². The minimum Gasteiger partial charge on any atom is -0.342 e. The summed E-state index contributed by atoms with van der Waals surface area (Å²) >= 11 is 7.85.